The number of hydrogen-bond donors (Lipinski definition) is 2. The number of amides is 2. The number of rotatable bonds is 8. The van der Waals surface area contributed by atoms with Crippen LogP contribution in [0.5, 0.6) is 0 Å². The zero-order chi connectivity index (χ0) is 23.5. The lowest BCUT2D eigenvalue weighted by Crippen LogP contribution is -2.29. The van der Waals surface area contributed by atoms with E-state index in [0.29, 0.717) is 11.3 Å². The van der Waals surface area contributed by atoms with Gasteiger partial charge >= 0.3 is 5.97 Å². The average molecular weight is 440 g/mol. The van der Waals surface area contributed by atoms with Crippen LogP contribution in [0.15, 0.2) is 96.7 Å². The number of benzene rings is 3. The predicted octanol–water partition coefficient (Wildman–Crippen LogP) is 4.67. The fourth-order valence-corrected chi connectivity index (χ4v) is 2.89. The Kier molecular flexibility index (Phi) is 8.31. The van der Waals surface area contributed by atoms with E-state index in [1.807, 2.05) is 60.7 Å². The van der Waals surface area contributed by atoms with Crippen LogP contribution in [-0.2, 0) is 14.3 Å². The van der Waals surface area contributed by atoms with Gasteiger partial charge in [0.05, 0.1) is 12.2 Å². The first-order valence-corrected chi connectivity index (χ1v) is 10.4. The third-order valence-electron chi connectivity index (χ3n) is 4.49. The summed E-state index contributed by atoms with van der Waals surface area (Å²) in [7, 11) is 0. The van der Waals surface area contributed by atoms with Crippen LogP contribution in [0.4, 0.5) is 5.69 Å². The molecule has 0 bridgehead atoms. The van der Waals surface area contributed by atoms with Gasteiger partial charge in [-0.15, -0.1) is 0 Å². The summed E-state index contributed by atoms with van der Waals surface area (Å²) in [4.78, 5) is 37.2. The van der Waals surface area contributed by atoms with Crippen molar-refractivity contribution in [2.75, 3.05) is 11.9 Å². The summed E-state index contributed by atoms with van der Waals surface area (Å²) in [6, 6.07) is 24.9. The molecule has 0 atom stereocenters. The highest BCUT2D eigenvalue weighted by atomic mass is 16.5. The summed E-state index contributed by atoms with van der Waals surface area (Å²) in [5, 5.41) is 5.39. The number of carbonyl (C=O) groups is 3. The summed E-state index contributed by atoms with van der Waals surface area (Å²) in [6.45, 7) is 2.01. The maximum Gasteiger partial charge on any atom is 0.338 e. The Morgan fingerprint density at radius 2 is 1.42 bits per heavy atom. The number of anilines is 1. The van der Waals surface area contributed by atoms with Crippen LogP contribution < -0.4 is 10.6 Å². The summed E-state index contributed by atoms with van der Waals surface area (Å²) < 4.78 is 4.96. The molecule has 3 aromatic carbocycles. The van der Waals surface area contributed by atoms with Crippen LogP contribution in [0, 0.1) is 0 Å². The second-order valence-electron chi connectivity index (χ2n) is 6.95. The minimum Gasteiger partial charge on any atom is -0.462 e. The molecule has 0 aromatic heterocycles. The van der Waals surface area contributed by atoms with Crippen molar-refractivity contribution in [3.8, 4) is 0 Å². The molecule has 0 unspecified atom stereocenters. The van der Waals surface area contributed by atoms with E-state index in [1.165, 1.54) is 6.08 Å². The molecule has 33 heavy (non-hydrogen) atoms. The van der Waals surface area contributed by atoms with Crippen molar-refractivity contribution < 1.29 is 19.1 Å². The van der Waals surface area contributed by atoms with Gasteiger partial charge in [0.2, 0.25) is 5.91 Å². The minimum absolute atomic E-state index is 0.0818. The molecule has 0 aliphatic rings. The summed E-state index contributed by atoms with van der Waals surface area (Å²) >= 11 is 0. The van der Waals surface area contributed by atoms with E-state index in [2.05, 4.69) is 10.6 Å². The lowest BCUT2D eigenvalue weighted by molar-refractivity contribution is -0.118. The predicted molar refractivity (Wildman–Crippen MR) is 129 cm³/mol. The van der Waals surface area contributed by atoms with Crippen molar-refractivity contribution in [2.24, 2.45) is 0 Å². The van der Waals surface area contributed by atoms with Gasteiger partial charge < -0.3 is 15.4 Å². The highest BCUT2D eigenvalue weighted by molar-refractivity contribution is 6.10. The molecule has 2 amide bonds. The highest BCUT2D eigenvalue weighted by Crippen LogP contribution is 2.13. The topological polar surface area (TPSA) is 84.5 Å². The quantitative estimate of drug-likeness (QED) is 0.394. The Hall–Kier alpha value is -4.45. The Morgan fingerprint density at radius 3 is 2.03 bits per heavy atom. The number of hydrogen-bond acceptors (Lipinski definition) is 4. The van der Waals surface area contributed by atoms with Gasteiger partial charge in [-0.1, -0.05) is 60.7 Å². The first kappa shape index (κ1) is 23.2. The van der Waals surface area contributed by atoms with Crippen molar-refractivity contribution in [1.29, 1.82) is 0 Å². The number of nitrogens with one attached hydrogen (secondary N) is 2. The van der Waals surface area contributed by atoms with E-state index in [4.69, 9.17) is 4.74 Å². The molecule has 0 saturated heterocycles. The molecule has 2 N–H and O–H groups in total. The fourth-order valence-electron chi connectivity index (χ4n) is 2.89. The molecular formula is C27H24N2O4. The van der Waals surface area contributed by atoms with E-state index in [1.54, 1.807) is 43.3 Å². The molecule has 6 nitrogen and oxygen atoms in total. The van der Waals surface area contributed by atoms with Gasteiger partial charge in [-0.3, -0.25) is 9.59 Å². The molecule has 3 aromatic rings. The normalized spacial score (nSPS) is 11.1. The molecule has 0 saturated carbocycles. The molecular weight excluding hydrogens is 416 g/mol. The third kappa shape index (κ3) is 7.33. The standard InChI is InChI=1S/C27H24N2O4/c1-2-33-27(32)22-14-16-23(17-15-22)28-26(31)24(19-21-11-7-4-8-12-21)29-25(30)18-13-20-9-5-3-6-10-20/h3-19H,2H2,1H3,(H,28,31)(H,29,30). The first-order chi connectivity index (χ1) is 16.0. The van der Waals surface area contributed by atoms with Gasteiger partial charge in [0, 0.05) is 11.8 Å². The average Bonchev–Trinajstić information content (AvgIpc) is 2.84. The van der Waals surface area contributed by atoms with Gasteiger partial charge in [0.15, 0.2) is 0 Å². The molecule has 0 spiro atoms. The van der Waals surface area contributed by atoms with Crippen LogP contribution in [0.25, 0.3) is 12.2 Å². The Balaban J connectivity index is 1.75. The number of carbonyl (C=O) groups excluding carboxylic acids is 3. The molecule has 0 radical (unpaired) electrons. The lowest BCUT2D eigenvalue weighted by atomic mass is 10.1. The van der Waals surface area contributed by atoms with Crippen molar-refractivity contribution in [1.82, 2.24) is 5.32 Å². The van der Waals surface area contributed by atoms with E-state index < -0.39 is 17.8 Å². The van der Waals surface area contributed by atoms with Crippen molar-refractivity contribution in [3.05, 3.63) is 113 Å². The zero-order valence-corrected chi connectivity index (χ0v) is 18.2. The van der Waals surface area contributed by atoms with Crippen LogP contribution in [0.3, 0.4) is 0 Å². The zero-order valence-electron chi connectivity index (χ0n) is 18.2. The second-order valence-corrected chi connectivity index (χ2v) is 6.95. The molecule has 0 heterocycles. The van der Waals surface area contributed by atoms with E-state index in [9.17, 15) is 14.4 Å². The van der Waals surface area contributed by atoms with Crippen LogP contribution in [-0.4, -0.2) is 24.4 Å². The van der Waals surface area contributed by atoms with E-state index in [0.717, 1.165) is 11.1 Å². The smallest absolute Gasteiger partial charge is 0.338 e. The molecule has 3 rings (SSSR count). The van der Waals surface area contributed by atoms with E-state index in [-0.39, 0.29) is 12.3 Å². The number of ether oxygens (including phenoxy) is 1. The summed E-state index contributed by atoms with van der Waals surface area (Å²) in [6.07, 6.45) is 4.63. The van der Waals surface area contributed by atoms with Gasteiger partial charge in [0.1, 0.15) is 5.70 Å². The van der Waals surface area contributed by atoms with Crippen LogP contribution in [0.2, 0.25) is 0 Å². The van der Waals surface area contributed by atoms with Gasteiger partial charge in [-0.2, -0.15) is 0 Å². The van der Waals surface area contributed by atoms with Crippen LogP contribution in [0.1, 0.15) is 28.4 Å². The van der Waals surface area contributed by atoms with Crippen molar-refractivity contribution in [2.45, 2.75) is 6.92 Å². The summed E-state index contributed by atoms with van der Waals surface area (Å²) in [5.41, 5.74) is 2.56. The monoisotopic (exact) mass is 440 g/mol. The molecule has 0 aliphatic carbocycles. The molecule has 166 valence electrons. The van der Waals surface area contributed by atoms with Gasteiger partial charge in [0.25, 0.3) is 5.91 Å². The molecule has 0 fully saturated rings. The minimum atomic E-state index is -0.496. The maximum absolute atomic E-state index is 12.9. The number of esters is 1. The summed E-state index contributed by atoms with van der Waals surface area (Å²) in [5.74, 6) is -1.37. The Bertz CT molecular complexity index is 1150. The maximum atomic E-state index is 12.9. The SMILES string of the molecule is CCOC(=O)c1ccc(NC(=O)C(=Cc2ccccc2)NC(=O)C=Cc2ccccc2)cc1. The first-order valence-electron chi connectivity index (χ1n) is 10.4. The third-order valence-corrected chi connectivity index (χ3v) is 4.49. The van der Waals surface area contributed by atoms with Gasteiger partial charge in [-0.05, 0) is 54.5 Å². The van der Waals surface area contributed by atoms with Crippen molar-refractivity contribution >= 4 is 35.6 Å². The molecule has 0 aliphatic heterocycles. The van der Waals surface area contributed by atoms with Crippen LogP contribution >= 0.6 is 0 Å². The lowest BCUT2D eigenvalue weighted by Gasteiger charge is -2.11. The largest absolute Gasteiger partial charge is 0.462 e. The fraction of sp³-hybridized carbons (Fsp3) is 0.0741. The Labute approximate surface area is 192 Å². The van der Waals surface area contributed by atoms with E-state index >= 15 is 0 Å². The Morgan fingerprint density at radius 1 is 0.818 bits per heavy atom. The highest BCUT2D eigenvalue weighted by Gasteiger charge is 2.13. The molecule has 6 heteroatoms. The second kappa shape index (κ2) is 11.8. The van der Waals surface area contributed by atoms with Crippen molar-refractivity contribution in [3.63, 3.8) is 0 Å². The van der Waals surface area contributed by atoms with Gasteiger partial charge in [-0.25, -0.2) is 4.79 Å².